The molecule has 0 radical (unpaired) electrons. The summed E-state index contributed by atoms with van der Waals surface area (Å²) in [5.41, 5.74) is 1.95. The number of hydrogen-bond acceptors (Lipinski definition) is 6. The number of fused-ring (bicyclic) bond motifs is 1. The van der Waals surface area contributed by atoms with Crippen molar-refractivity contribution in [2.24, 2.45) is 0 Å². The third kappa shape index (κ3) is 3.52. The van der Waals surface area contributed by atoms with Gasteiger partial charge in [-0.25, -0.2) is 9.97 Å². The average molecular weight is 387 g/mol. The number of rotatable bonds is 4. The van der Waals surface area contributed by atoms with Crippen molar-refractivity contribution in [1.29, 1.82) is 0 Å². The van der Waals surface area contributed by atoms with Crippen LogP contribution < -0.4 is 5.56 Å². The van der Waals surface area contributed by atoms with E-state index >= 15 is 0 Å². The van der Waals surface area contributed by atoms with E-state index in [2.05, 4.69) is 15.0 Å². The minimum Gasteiger partial charge on any atom is -0.388 e. The van der Waals surface area contributed by atoms with Crippen LogP contribution in [0.15, 0.2) is 66.2 Å². The summed E-state index contributed by atoms with van der Waals surface area (Å²) in [4.78, 5) is 31.0. The van der Waals surface area contributed by atoms with Gasteiger partial charge in [0.15, 0.2) is 0 Å². The molecule has 4 rings (SSSR count). The Morgan fingerprint density at radius 1 is 1.07 bits per heavy atom. The first-order valence-electron chi connectivity index (χ1n) is 9.31. The smallest absolute Gasteiger partial charge is 0.261 e. The Bertz CT molecular complexity index is 1220. The minimum atomic E-state index is -1.08. The molecule has 0 aliphatic heterocycles. The molecule has 29 heavy (non-hydrogen) atoms. The van der Waals surface area contributed by atoms with Gasteiger partial charge in [0.2, 0.25) is 0 Å². The zero-order chi connectivity index (χ0) is 20.6. The summed E-state index contributed by atoms with van der Waals surface area (Å²) in [5, 5.41) is 10.8. The van der Waals surface area contributed by atoms with Gasteiger partial charge in [-0.3, -0.25) is 19.3 Å². The van der Waals surface area contributed by atoms with Crippen molar-refractivity contribution in [3.63, 3.8) is 0 Å². The summed E-state index contributed by atoms with van der Waals surface area (Å²) < 4.78 is 1.46. The Hall–Kier alpha value is -3.45. The molecule has 4 aromatic heterocycles. The lowest BCUT2D eigenvalue weighted by Crippen LogP contribution is -2.37. The van der Waals surface area contributed by atoms with E-state index in [9.17, 15) is 9.90 Å². The summed E-state index contributed by atoms with van der Waals surface area (Å²) >= 11 is 0. The maximum atomic E-state index is 13.3. The van der Waals surface area contributed by atoms with E-state index < -0.39 is 11.6 Å². The molecule has 0 aliphatic carbocycles. The topological polar surface area (TPSA) is 93.8 Å². The molecular weight excluding hydrogens is 366 g/mol. The largest absolute Gasteiger partial charge is 0.388 e. The van der Waals surface area contributed by atoms with Crippen molar-refractivity contribution in [2.75, 3.05) is 0 Å². The molecule has 0 aliphatic rings. The van der Waals surface area contributed by atoms with Crippen molar-refractivity contribution in [2.45, 2.75) is 32.4 Å². The quantitative estimate of drug-likeness (QED) is 0.578. The van der Waals surface area contributed by atoms with Crippen LogP contribution in [0.1, 0.15) is 26.8 Å². The molecule has 146 valence electrons. The SMILES string of the molecule is C[C@H](n1cnc2c(-c3cccnc3)nc(-c3cccnc3)cc2c1=O)C(C)(C)O. The van der Waals surface area contributed by atoms with Crippen LogP contribution in [0.4, 0.5) is 0 Å². The molecule has 4 heterocycles. The van der Waals surface area contributed by atoms with Crippen LogP contribution in [0.5, 0.6) is 0 Å². The third-order valence-corrected chi connectivity index (χ3v) is 5.10. The zero-order valence-corrected chi connectivity index (χ0v) is 16.4. The van der Waals surface area contributed by atoms with Gasteiger partial charge in [-0.2, -0.15) is 0 Å². The van der Waals surface area contributed by atoms with Crippen LogP contribution in [0.25, 0.3) is 33.4 Å². The summed E-state index contributed by atoms with van der Waals surface area (Å²) in [7, 11) is 0. The van der Waals surface area contributed by atoms with Crippen molar-refractivity contribution in [1.82, 2.24) is 24.5 Å². The Morgan fingerprint density at radius 2 is 1.72 bits per heavy atom. The normalized spacial score (nSPS) is 12.8. The van der Waals surface area contributed by atoms with Crippen LogP contribution in [-0.2, 0) is 0 Å². The lowest BCUT2D eigenvalue weighted by molar-refractivity contribution is 0.0290. The number of hydrogen-bond donors (Lipinski definition) is 1. The highest BCUT2D eigenvalue weighted by Gasteiger charge is 2.26. The molecule has 0 fully saturated rings. The monoisotopic (exact) mass is 387 g/mol. The lowest BCUT2D eigenvalue weighted by Gasteiger charge is -2.27. The first kappa shape index (κ1) is 18.9. The molecule has 1 atom stereocenters. The fraction of sp³-hybridized carbons (Fsp3) is 0.227. The van der Waals surface area contributed by atoms with Gasteiger partial charge >= 0.3 is 0 Å². The molecule has 0 unspecified atom stereocenters. The molecule has 0 amide bonds. The molecule has 7 nitrogen and oxygen atoms in total. The van der Waals surface area contributed by atoms with Crippen LogP contribution in [-0.4, -0.2) is 35.2 Å². The first-order valence-corrected chi connectivity index (χ1v) is 9.31. The Balaban J connectivity index is 2.04. The fourth-order valence-corrected chi connectivity index (χ4v) is 3.13. The van der Waals surface area contributed by atoms with Gasteiger partial charge in [0.1, 0.15) is 5.52 Å². The molecule has 7 heteroatoms. The van der Waals surface area contributed by atoms with E-state index in [-0.39, 0.29) is 5.56 Å². The molecule has 4 aromatic rings. The Kier molecular flexibility index (Phi) is 4.68. The van der Waals surface area contributed by atoms with Crippen LogP contribution in [0.3, 0.4) is 0 Å². The molecular formula is C22H21N5O2. The molecule has 0 bridgehead atoms. The van der Waals surface area contributed by atoms with Crippen LogP contribution in [0.2, 0.25) is 0 Å². The van der Waals surface area contributed by atoms with Crippen molar-refractivity contribution >= 4 is 10.9 Å². The van der Waals surface area contributed by atoms with E-state index in [1.165, 1.54) is 10.9 Å². The van der Waals surface area contributed by atoms with E-state index in [0.717, 1.165) is 11.1 Å². The van der Waals surface area contributed by atoms with E-state index in [4.69, 9.17) is 4.98 Å². The summed E-state index contributed by atoms with van der Waals surface area (Å²) in [6.45, 7) is 5.13. The van der Waals surface area contributed by atoms with Gasteiger partial charge in [0.25, 0.3) is 5.56 Å². The highest BCUT2D eigenvalue weighted by atomic mass is 16.3. The van der Waals surface area contributed by atoms with Gasteiger partial charge in [0.05, 0.1) is 34.7 Å². The third-order valence-electron chi connectivity index (χ3n) is 5.10. The van der Waals surface area contributed by atoms with E-state index in [1.54, 1.807) is 51.6 Å². The highest BCUT2D eigenvalue weighted by Crippen LogP contribution is 2.29. The summed E-state index contributed by atoms with van der Waals surface area (Å²) in [6.07, 6.45) is 8.24. The van der Waals surface area contributed by atoms with Crippen molar-refractivity contribution in [3.05, 3.63) is 71.8 Å². The van der Waals surface area contributed by atoms with Gasteiger partial charge < -0.3 is 5.11 Å². The van der Waals surface area contributed by atoms with Crippen molar-refractivity contribution < 1.29 is 5.11 Å². The highest BCUT2D eigenvalue weighted by molar-refractivity contribution is 5.93. The molecule has 0 aromatic carbocycles. The van der Waals surface area contributed by atoms with Crippen LogP contribution in [0, 0.1) is 0 Å². The lowest BCUT2D eigenvalue weighted by atomic mass is 10.0. The van der Waals surface area contributed by atoms with Gasteiger partial charge in [-0.05, 0) is 51.1 Å². The zero-order valence-electron chi connectivity index (χ0n) is 16.4. The summed E-state index contributed by atoms with van der Waals surface area (Å²) in [5.74, 6) is 0. The average Bonchev–Trinajstić information content (AvgIpc) is 2.73. The number of aromatic nitrogens is 5. The van der Waals surface area contributed by atoms with Gasteiger partial charge in [0, 0.05) is 35.9 Å². The standard InChI is InChI=1S/C22H21N5O2/c1-14(22(2,3)29)27-13-25-20-17(21(27)28)10-18(15-6-4-8-23-11-15)26-19(20)16-7-5-9-24-12-16/h4-14,29H,1-3H3/t14-/m0/s1. The fourth-order valence-electron chi connectivity index (χ4n) is 3.13. The maximum Gasteiger partial charge on any atom is 0.261 e. The summed E-state index contributed by atoms with van der Waals surface area (Å²) in [6, 6.07) is 8.69. The predicted molar refractivity (Wildman–Crippen MR) is 111 cm³/mol. The second-order valence-corrected chi connectivity index (χ2v) is 7.52. The van der Waals surface area contributed by atoms with Crippen LogP contribution >= 0.6 is 0 Å². The second kappa shape index (κ2) is 7.18. The first-order chi connectivity index (χ1) is 13.9. The maximum absolute atomic E-state index is 13.3. The Labute approximate surface area is 167 Å². The number of pyridine rings is 3. The van der Waals surface area contributed by atoms with Gasteiger partial charge in [-0.1, -0.05) is 0 Å². The predicted octanol–water partition coefficient (Wildman–Crippen LogP) is 3.25. The molecule has 0 saturated carbocycles. The number of aliphatic hydroxyl groups is 1. The molecule has 0 saturated heterocycles. The molecule has 0 spiro atoms. The minimum absolute atomic E-state index is 0.234. The van der Waals surface area contributed by atoms with E-state index in [0.29, 0.717) is 22.3 Å². The van der Waals surface area contributed by atoms with Crippen molar-refractivity contribution in [3.8, 4) is 22.5 Å². The van der Waals surface area contributed by atoms with E-state index in [1.807, 2.05) is 24.3 Å². The molecule has 1 N–H and O–H groups in total. The number of nitrogens with zero attached hydrogens (tertiary/aromatic N) is 5. The van der Waals surface area contributed by atoms with Gasteiger partial charge in [-0.15, -0.1) is 0 Å². The Morgan fingerprint density at radius 3 is 2.31 bits per heavy atom. The second-order valence-electron chi connectivity index (χ2n) is 7.52.